The van der Waals surface area contributed by atoms with Crippen LogP contribution in [0, 0.1) is 5.82 Å². The number of methoxy groups -OCH3 is 2. The van der Waals surface area contributed by atoms with E-state index in [0.29, 0.717) is 22.8 Å². The maximum absolute atomic E-state index is 13.4. The Balaban J connectivity index is 1.65. The Morgan fingerprint density at radius 3 is 2.41 bits per heavy atom. The van der Waals surface area contributed by atoms with Gasteiger partial charge in [0.1, 0.15) is 5.82 Å². The second-order valence-electron chi connectivity index (χ2n) is 7.01. The molecular formula is C25H22FN3O3. The highest BCUT2D eigenvalue weighted by Crippen LogP contribution is 2.31. The third kappa shape index (κ3) is 4.32. The van der Waals surface area contributed by atoms with Crippen molar-refractivity contribution in [2.24, 2.45) is 0 Å². The molecule has 0 unspecified atom stereocenters. The zero-order chi connectivity index (χ0) is 22.5. The van der Waals surface area contributed by atoms with Crippen LogP contribution in [0.5, 0.6) is 11.5 Å². The number of rotatable bonds is 7. The van der Waals surface area contributed by atoms with Crippen LogP contribution in [0.1, 0.15) is 15.9 Å². The van der Waals surface area contributed by atoms with Crippen LogP contribution in [-0.2, 0) is 6.54 Å². The lowest BCUT2D eigenvalue weighted by Crippen LogP contribution is -2.23. The first-order chi connectivity index (χ1) is 15.6. The van der Waals surface area contributed by atoms with Crippen molar-refractivity contribution < 1.29 is 18.7 Å². The molecule has 0 aliphatic heterocycles. The molecule has 4 aromatic rings. The van der Waals surface area contributed by atoms with E-state index in [9.17, 15) is 9.18 Å². The van der Waals surface area contributed by atoms with Crippen LogP contribution < -0.4 is 14.8 Å². The Morgan fingerprint density at radius 1 is 0.969 bits per heavy atom. The monoisotopic (exact) mass is 431 g/mol. The van der Waals surface area contributed by atoms with Crippen molar-refractivity contribution in [3.63, 3.8) is 0 Å². The summed E-state index contributed by atoms with van der Waals surface area (Å²) in [5, 5.41) is 7.62. The number of nitrogens with one attached hydrogen (secondary N) is 1. The molecule has 0 aliphatic rings. The van der Waals surface area contributed by atoms with Gasteiger partial charge in [-0.15, -0.1) is 0 Å². The fourth-order valence-electron chi connectivity index (χ4n) is 3.44. The first kappa shape index (κ1) is 21.1. The van der Waals surface area contributed by atoms with Crippen molar-refractivity contribution in [2.45, 2.75) is 6.54 Å². The van der Waals surface area contributed by atoms with Gasteiger partial charge < -0.3 is 14.8 Å². The smallest absolute Gasteiger partial charge is 0.255 e. The van der Waals surface area contributed by atoms with Crippen molar-refractivity contribution in [2.75, 3.05) is 14.2 Å². The molecule has 4 rings (SSSR count). The number of carbonyl (C=O) groups excluding carboxylic acids is 1. The summed E-state index contributed by atoms with van der Waals surface area (Å²) < 4.78 is 25.8. The highest BCUT2D eigenvalue weighted by Gasteiger charge is 2.18. The van der Waals surface area contributed by atoms with Gasteiger partial charge in [-0.3, -0.25) is 4.79 Å². The summed E-state index contributed by atoms with van der Waals surface area (Å²) >= 11 is 0. The topological polar surface area (TPSA) is 65.4 Å². The molecule has 7 heteroatoms. The lowest BCUT2D eigenvalue weighted by molar-refractivity contribution is 0.0947. The third-order valence-electron chi connectivity index (χ3n) is 5.02. The Labute approximate surface area is 185 Å². The predicted molar refractivity (Wildman–Crippen MR) is 120 cm³/mol. The first-order valence-electron chi connectivity index (χ1n) is 10.00. The summed E-state index contributed by atoms with van der Waals surface area (Å²) in [6.45, 7) is 0.221. The van der Waals surface area contributed by atoms with E-state index in [2.05, 4.69) is 5.32 Å². The second-order valence-corrected chi connectivity index (χ2v) is 7.01. The first-order valence-corrected chi connectivity index (χ1v) is 10.00. The van der Waals surface area contributed by atoms with Crippen LogP contribution in [0.2, 0.25) is 0 Å². The Bertz CT molecular complexity index is 1220. The van der Waals surface area contributed by atoms with Crippen LogP contribution in [0.3, 0.4) is 0 Å². The van der Waals surface area contributed by atoms with Crippen LogP contribution in [0.15, 0.2) is 79.0 Å². The van der Waals surface area contributed by atoms with E-state index in [1.807, 2.05) is 36.5 Å². The molecule has 0 fully saturated rings. The normalized spacial score (nSPS) is 10.6. The van der Waals surface area contributed by atoms with Crippen LogP contribution in [0.25, 0.3) is 16.9 Å². The van der Waals surface area contributed by atoms with Crippen molar-refractivity contribution in [1.82, 2.24) is 15.1 Å². The van der Waals surface area contributed by atoms with Gasteiger partial charge in [-0.05, 0) is 48.5 Å². The van der Waals surface area contributed by atoms with E-state index in [0.717, 1.165) is 16.8 Å². The minimum absolute atomic E-state index is 0.221. The zero-order valence-corrected chi connectivity index (χ0v) is 17.7. The summed E-state index contributed by atoms with van der Waals surface area (Å²) in [5.74, 6) is 0.213. The molecule has 1 amide bonds. The molecule has 0 saturated carbocycles. The second kappa shape index (κ2) is 9.34. The molecule has 0 saturated heterocycles. The maximum atomic E-state index is 13.4. The average Bonchev–Trinajstić information content (AvgIpc) is 3.27. The van der Waals surface area contributed by atoms with Crippen LogP contribution >= 0.6 is 0 Å². The molecular weight excluding hydrogens is 409 g/mol. The number of hydrogen-bond donors (Lipinski definition) is 1. The highest BCUT2D eigenvalue weighted by atomic mass is 19.1. The molecule has 1 aromatic heterocycles. The molecule has 0 atom stereocenters. The largest absolute Gasteiger partial charge is 0.493 e. The van der Waals surface area contributed by atoms with Gasteiger partial charge in [-0.2, -0.15) is 5.10 Å². The lowest BCUT2D eigenvalue weighted by Gasteiger charge is -2.12. The van der Waals surface area contributed by atoms with Crippen molar-refractivity contribution >= 4 is 5.91 Å². The van der Waals surface area contributed by atoms with E-state index < -0.39 is 0 Å². The van der Waals surface area contributed by atoms with E-state index in [4.69, 9.17) is 14.6 Å². The van der Waals surface area contributed by atoms with Crippen molar-refractivity contribution in [3.05, 3.63) is 95.9 Å². The average molecular weight is 431 g/mol. The molecule has 0 aliphatic carbocycles. The standard InChI is InChI=1S/C25H22FN3O3/c1-31-22-10-6-9-21(24(22)32-2)25(30)27-15-18-16-29(20-7-4-3-5-8-20)28-23(18)17-11-13-19(26)14-12-17/h3-14,16H,15H2,1-2H3,(H,27,30). The van der Waals surface area contributed by atoms with E-state index in [-0.39, 0.29) is 18.3 Å². The molecule has 1 heterocycles. The Hall–Kier alpha value is -4.13. The van der Waals surface area contributed by atoms with E-state index in [1.165, 1.54) is 26.4 Å². The van der Waals surface area contributed by atoms with Gasteiger partial charge in [0, 0.05) is 23.9 Å². The van der Waals surface area contributed by atoms with Crippen LogP contribution in [0.4, 0.5) is 4.39 Å². The number of aromatic nitrogens is 2. The number of halogens is 1. The van der Waals surface area contributed by atoms with Gasteiger partial charge in [-0.25, -0.2) is 9.07 Å². The number of nitrogens with zero attached hydrogens (tertiary/aromatic N) is 2. The number of para-hydroxylation sites is 2. The number of amides is 1. The Kier molecular flexibility index (Phi) is 6.17. The Morgan fingerprint density at radius 2 is 1.72 bits per heavy atom. The van der Waals surface area contributed by atoms with Crippen LogP contribution in [-0.4, -0.2) is 29.9 Å². The molecule has 1 N–H and O–H groups in total. The predicted octanol–water partition coefficient (Wildman–Crippen LogP) is 4.63. The van der Waals surface area contributed by atoms with Gasteiger partial charge in [0.2, 0.25) is 0 Å². The lowest BCUT2D eigenvalue weighted by atomic mass is 10.1. The highest BCUT2D eigenvalue weighted by molar-refractivity contribution is 5.97. The number of benzene rings is 3. The molecule has 162 valence electrons. The fourth-order valence-corrected chi connectivity index (χ4v) is 3.44. The molecule has 0 bridgehead atoms. The van der Waals surface area contributed by atoms with Gasteiger partial charge in [0.15, 0.2) is 11.5 Å². The SMILES string of the molecule is COc1cccc(C(=O)NCc2cn(-c3ccccc3)nc2-c2ccc(F)cc2)c1OC. The number of carbonyl (C=O) groups is 1. The van der Waals surface area contributed by atoms with E-state index >= 15 is 0 Å². The van der Waals surface area contributed by atoms with E-state index in [1.54, 1.807) is 35.0 Å². The van der Waals surface area contributed by atoms with Gasteiger partial charge >= 0.3 is 0 Å². The van der Waals surface area contributed by atoms with Gasteiger partial charge in [0.05, 0.1) is 31.2 Å². The molecule has 0 radical (unpaired) electrons. The minimum Gasteiger partial charge on any atom is -0.493 e. The number of hydrogen-bond acceptors (Lipinski definition) is 4. The van der Waals surface area contributed by atoms with Crippen molar-refractivity contribution in [3.8, 4) is 28.4 Å². The van der Waals surface area contributed by atoms with Gasteiger partial charge in [-0.1, -0.05) is 24.3 Å². The fraction of sp³-hybridized carbons (Fsp3) is 0.120. The summed E-state index contributed by atoms with van der Waals surface area (Å²) in [6, 6.07) is 20.9. The zero-order valence-electron chi connectivity index (χ0n) is 17.7. The molecule has 6 nitrogen and oxygen atoms in total. The maximum Gasteiger partial charge on any atom is 0.255 e. The molecule has 32 heavy (non-hydrogen) atoms. The molecule has 3 aromatic carbocycles. The van der Waals surface area contributed by atoms with Gasteiger partial charge in [0.25, 0.3) is 5.91 Å². The molecule has 0 spiro atoms. The summed E-state index contributed by atoms with van der Waals surface area (Å²) in [6.07, 6.45) is 1.86. The summed E-state index contributed by atoms with van der Waals surface area (Å²) in [7, 11) is 3.01. The van der Waals surface area contributed by atoms with Crippen molar-refractivity contribution in [1.29, 1.82) is 0 Å². The quantitative estimate of drug-likeness (QED) is 0.464. The third-order valence-corrected chi connectivity index (χ3v) is 5.02. The number of ether oxygens (including phenoxy) is 2. The minimum atomic E-state index is -0.323. The summed E-state index contributed by atoms with van der Waals surface area (Å²) in [5.41, 5.74) is 3.44. The summed E-state index contributed by atoms with van der Waals surface area (Å²) in [4.78, 5) is 12.9.